The van der Waals surface area contributed by atoms with Crippen molar-refractivity contribution in [3.63, 3.8) is 0 Å². The molecular formula is C18H18Cl3N3O5S. The minimum Gasteiger partial charge on any atom is -0.458 e. The first-order chi connectivity index (χ1) is 13.9. The van der Waals surface area contributed by atoms with Crippen molar-refractivity contribution in [2.45, 2.75) is 46.8 Å². The summed E-state index contributed by atoms with van der Waals surface area (Å²) in [6, 6.07) is 6.03. The molecule has 3 rings (SSSR count). The number of esters is 1. The monoisotopic (exact) mass is 493 g/mol. The first kappa shape index (κ1) is 23.1. The Labute approximate surface area is 192 Å². The normalized spacial score (nSPS) is 24.7. The number of nitroso groups, excluding NO2 is 1. The van der Waals surface area contributed by atoms with Crippen LogP contribution in [0.5, 0.6) is 0 Å². The SMILES string of the molecule is CC(=O)N(c1ccccc1N=O)[C@@]1(C(=O)OCC(Cl)(Cl)Cl)N2C(=O)C[C@H]2SC1(C)C. The van der Waals surface area contributed by atoms with Crippen LogP contribution >= 0.6 is 46.6 Å². The number of carbonyl (C=O) groups excluding carboxylic acids is 3. The minimum absolute atomic E-state index is 0.0693. The number of rotatable bonds is 5. The standard InChI is InChI=1S/C18H18Cl3N3O5S/c1-10(25)23(12-7-5-4-6-11(12)22-28)18(15(27)29-9-17(19,20)21)16(2,3)30-14-8-13(26)24(14)18/h4-7,14H,8-9H2,1-3H3/t14-,18+/m1/s1. The van der Waals surface area contributed by atoms with E-state index in [4.69, 9.17) is 39.5 Å². The molecule has 0 spiro atoms. The third-order valence-electron chi connectivity index (χ3n) is 5.04. The van der Waals surface area contributed by atoms with Crippen LogP contribution in [0.15, 0.2) is 29.4 Å². The summed E-state index contributed by atoms with van der Waals surface area (Å²) in [7, 11) is 0. The molecule has 30 heavy (non-hydrogen) atoms. The highest BCUT2D eigenvalue weighted by molar-refractivity contribution is 8.01. The average Bonchev–Trinajstić information content (AvgIpc) is 2.82. The third-order valence-corrected chi connectivity index (χ3v) is 6.89. The van der Waals surface area contributed by atoms with E-state index in [0.29, 0.717) is 0 Å². The molecule has 1 aromatic rings. The van der Waals surface area contributed by atoms with Crippen molar-refractivity contribution in [2.24, 2.45) is 5.18 Å². The Kier molecular flexibility index (Phi) is 6.05. The number of carbonyl (C=O) groups is 3. The lowest BCUT2D eigenvalue weighted by Gasteiger charge is -2.52. The van der Waals surface area contributed by atoms with E-state index in [2.05, 4.69) is 5.18 Å². The van der Waals surface area contributed by atoms with Gasteiger partial charge in [0.25, 0.3) is 0 Å². The van der Waals surface area contributed by atoms with Crippen molar-refractivity contribution in [1.29, 1.82) is 0 Å². The van der Waals surface area contributed by atoms with Gasteiger partial charge in [0.05, 0.1) is 22.2 Å². The maximum absolute atomic E-state index is 13.6. The van der Waals surface area contributed by atoms with Gasteiger partial charge in [-0.05, 0) is 31.2 Å². The molecule has 2 amide bonds. The summed E-state index contributed by atoms with van der Waals surface area (Å²) < 4.78 is 2.39. The minimum atomic E-state index is -1.92. The second kappa shape index (κ2) is 7.85. The Balaban J connectivity index is 2.25. The Morgan fingerprint density at radius 3 is 2.50 bits per heavy atom. The molecule has 162 valence electrons. The molecule has 2 saturated heterocycles. The molecule has 2 aliphatic heterocycles. The number of amides is 2. The highest BCUT2D eigenvalue weighted by Crippen LogP contribution is 2.59. The summed E-state index contributed by atoms with van der Waals surface area (Å²) >= 11 is 18.6. The summed E-state index contributed by atoms with van der Waals surface area (Å²) in [5.41, 5.74) is -1.92. The van der Waals surface area contributed by atoms with E-state index in [1.807, 2.05) is 0 Å². The Bertz CT molecular complexity index is 923. The van der Waals surface area contributed by atoms with E-state index < -0.39 is 32.7 Å². The number of hydrogen-bond donors (Lipinski definition) is 0. The van der Waals surface area contributed by atoms with Crippen molar-refractivity contribution < 1.29 is 19.1 Å². The maximum Gasteiger partial charge on any atom is 0.355 e. The number of anilines is 1. The summed E-state index contributed by atoms with van der Waals surface area (Å²) in [6.07, 6.45) is 0.201. The van der Waals surface area contributed by atoms with Crippen LogP contribution in [0.4, 0.5) is 11.4 Å². The zero-order valence-electron chi connectivity index (χ0n) is 16.2. The largest absolute Gasteiger partial charge is 0.458 e. The Morgan fingerprint density at radius 1 is 1.33 bits per heavy atom. The van der Waals surface area contributed by atoms with Gasteiger partial charge in [-0.1, -0.05) is 46.9 Å². The highest BCUT2D eigenvalue weighted by Gasteiger charge is 2.74. The molecule has 2 aliphatic rings. The molecule has 0 N–H and O–H groups in total. The predicted molar refractivity (Wildman–Crippen MR) is 116 cm³/mol. The van der Waals surface area contributed by atoms with Crippen LogP contribution in [0.25, 0.3) is 0 Å². The molecule has 0 saturated carbocycles. The van der Waals surface area contributed by atoms with Crippen LogP contribution in [0.1, 0.15) is 27.2 Å². The van der Waals surface area contributed by atoms with Gasteiger partial charge in [0, 0.05) is 6.92 Å². The summed E-state index contributed by atoms with van der Waals surface area (Å²) in [4.78, 5) is 53.0. The number of para-hydroxylation sites is 1. The number of benzene rings is 1. The summed E-state index contributed by atoms with van der Waals surface area (Å²) in [5, 5.41) is 2.62. The van der Waals surface area contributed by atoms with Crippen molar-refractivity contribution in [2.75, 3.05) is 11.5 Å². The van der Waals surface area contributed by atoms with E-state index in [0.717, 1.165) is 4.90 Å². The average molecular weight is 495 g/mol. The molecule has 0 unspecified atom stereocenters. The quantitative estimate of drug-likeness (QED) is 0.264. The molecule has 0 radical (unpaired) electrons. The zero-order valence-corrected chi connectivity index (χ0v) is 19.3. The summed E-state index contributed by atoms with van der Waals surface area (Å²) in [6.45, 7) is 4.06. The van der Waals surface area contributed by atoms with Gasteiger partial charge < -0.3 is 4.74 Å². The van der Waals surface area contributed by atoms with Gasteiger partial charge in [0.1, 0.15) is 12.3 Å². The molecule has 2 heterocycles. The van der Waals surface area contributed by atoms with Crippen LogP contribution in [0.3, 0.4) is 0 Å². The lowest BCUT2D eigenvalue weighted by molar-refractivity contribution is -0.173. The molecular weight excluding hydrogens is 477 g/mol. The van der Waals surface area contributed by atoms with Crippen molar-refractivity contribution in [1.82, 2.24) is 4.90 Å². The predicted octanol–water partition coefficient (Wildman–Crippen LogP) is 4.13. The molecule has 2 fully saturated rings. The number of ether oxygens (including phenoxy) is 1. The highest BCUT2D eigenvalue weighted by atomic mass is 35.6. The molecule has 8 nitrogen and oxygen atoms in total. The van der Waals surface area contributed by atoms with Gasteiger partial charge in [0.2, 0.25) is 21.3 Å². The fourth-order valence-electron chi connectivity index (χ4n) is 3.95. The second-order valence-electron chi connectivity index (χ2n) is 7.35. The van der Waals surface area contributed by atoms with Crippen LogP contribution in [-0.4, -0.2) is 48.9 Å². The fraction of sp³-hybridized carbons (Fsp3) is 0.500. The summed E-state index contributed by atoms with van der Waals surface area (Å²) in [5.74, 6) is -1.88. The number of thioether (sulfide) groups is 1. The van der Waals surface area contributed by atoms with E-state index >= 15 is 0 Å². The molecule has 2 atom stereocenters. The van der Waals surface area contributed by atoms with Crippen LogP contribution < -0.4 is 4.90 Å². The molecule has 0 aliphatic carbocycles. The number of β-lactam (4-membered cyclic amide) rings is 1. The van der Waals surface area contributed by atoms with Crippen LogP contribution in [0, 0.1) is 4.91 Å². The Morgan fingerprint density at radius 2 is 1.97 bits per heavy atom. The smallest absolute Gasteiger partial charge is 0.355 e. The number of nitrogens with zero attached hydrogens (tertiary/aromatic N) is 3. The van der Waals surface area contributed by atoms with E-state index in [1.54, 1.807) is 26.0 Å². The van der Waals surface area contributed by atoms with Gasteiger partial charge in [-0.25, -0.2) is 4.79 Å². The van der Waals surface area contributed by atoms with Gasteiger partial charge >= 0.3 is 5.97 Å². The molecule has 0 bridgehead atoms. The lowest BCUT2D eigenvalue weighted by Crippen LogP contribution is -2.76. The molecule has 1 aromatic carbocycles. The topological polar surface area (TPSA) is 96.3 Å². The zero-order chi connectivity index (χ0) is 22.5. The van der Waals surface area contributed by atoms with E-state index in [1.165, 1.54) is 35.7 Å². The third kappa shape index (κ3) is 3.55. The van der Waals surface area contributed by atoms with Gasteiger partial charge in [-0.2, -0.15) is 0 Å². The fourth-order valence-corrected chi connectivity index (χ4v) is 5.83. The Hall–Kier alpha value is -1.55. The lowest BCUT2D eigenvalue weighted by atomic mass is 9.87. The second-order valence-corrected chi connectivity index (χ2v) is 11.7. The van der Waals surface area contributed by atoms with Crippen molar-refractivity contribution in [3.05, 3.63) is 29.2 Å². The van der Waals surface area contributed by atoms with Gasteiger partial charge in [-0.3, -0.25) is 19.4 Å². The maximum atomic E-state index is 13.6. The van der Waals surface area contributed by atoms with Crippen molar-refractivity contribution in [3.8, 4) is 0 Å². The molecule has 0 aromatic heterocycles. The number of hydrogen-bond acceptors (Lipinski definition) is 7. The molecule has 12 heteroatoms. The van der Waals surface area contributed by atoms with Crippen molar-refractivity contribution >= 4 is 75.7 Å². The first-order valence-electron chi connectivity index (χ1n) is 8.84. The number of alkyl halides is 3. The number of fused-ring (bicyclic) bond motifs is 1. The van der Waals surface area contributed by atoms with Gasteiger partial charge in [0.15, 0.2) is 0 Å². The van der Waals surface area contributed by atoms with Crippen LogP contribution in [0.2, 0.25) is 0 Å². The van der Waals surface area contributed by atoms with E-state index in [-0.39, 0.29) is 29.1 Å². The van der Waals surface area contributed by atoms with Gasteiger partial charge in [-0.15, -0.1) is 16.7 Å². The first-order valence-corrected chi connectivity index (χ1v) is 10.9. The van der Waals surface area contributed by atoms with E-state index in [9.17, 15) is 19.3 Å². The van der Waals surface area contributed by atoms with Crippen LogP contribution in [-0.2, 0) is 19.1 Å². The number of halogens is 3.